The molecular formula is C16H23N3O2. The van der Waals surface area contributed by atoms with Gasteiger partial charge in [-0.1, -0.05) is 6.92 Å². The van der Waals surface area contributed by atoms with E-state index in [1.165, 1.54) is 25.3 Å². The van der Waals surface area contributed by atoms with E-state index in [0.29, 0.717) is 5.92 Å². The predicted molar refractivity (Wildman–Crippen MR) is 82.1 cm³/mol. The third-order valence-corrected chi connectivity index (χ3v) is 4.45. The highest BCUT2D eigenvalue weighted by atomic mass is 16.5. The highest BCUT2D eigenvalue weighted by Gasteiger charge is 2.32. The van der Waals surface area contributed by atoms with Gasteiger partial charge in [0.1, 0.15) is 6.10 Å². The van der Waals surface area contributed by atoms with Gasteiger partial charge in [0.25, 0.3) is 0 Å². The number of hydrogen-bond donors (Lipinski definition) is 1. The molecule has 0 radical (unpaired) electrons. The van der Waals surface area contributed by atoms with Crippen LogP contribution < -0.4 is 10.6 Å². The lowest BCUT2D eigenvalue weighted by Crippen LogP contribution is -2.35. The summed E-state index contributed by atoms with van der Waals surface area (Å²) in [7, 11) is 0. The summed E-state index contributed by atoms with van der Waals surface area (Å²) in [5, 5.41) is 0. The van der Waals surface area contributed by atoms with Gasteiger partial charge in [0.2, 0.25) is 0 Å². The number of carbonyl (C=O) groups is 1. The van der Waals surface area contributed by atoms with Crippen LogP contribution in [0.15, 0.2) is 6.20 Å². The van der Waals surface area contributed by atoms with Gasteiger partial charge in [-0.15, -0.1) is 0 Å². The number of pyridine rings is 1. The van der Waals surface area contributed by atoms with Crippen LogP contribution in [0.25, 0.3) is 0 Å². The van der Waals surface area contributed by atoms with Crippen molar-refractivity contribution in [1.29, 1.82) is 0 Å². The van der Waals surface area contributed by atoms with Crippen LogP contribution in [0, 0.1) is 5.92 Å². The third-order valence-electron chi connectivity index (χ3n) is 4.45. The Morgan fingerprint density at radius 2 is 2.29 bits per heavy atom. The fraction of sp³-hybridized carbons (Fsp3) is 0.625. The van der Waals surface area contributed by atoms with Crippen LogP contribution >= 0.6 is 0 Å². The van der Waals surface area contributed by atoms with Gasteiger partial charge in [0.05, 0.1) is 23.3 Å². The minimum Gasteiger partial charge on any atom is -0.456 e. The number of rotatable bonds is 2. The molecule has 1 saturated heterocycles. The molecule has 1 aliphatic carbocycles. The number of anilines is 2. The molecule has 5 heteroatoms. The fourth-order valence-electron chi connectivity index (χ4n) is 3.59. The average Bonchev–Trinajstić information content (AvgIpc) is 2.81. The maximum Gasteiger partial charge on any atom is 0.303 e. The first-order valence-electron chi connectivity index (χ1n) is 7.75. The second kappa shape index (κ2) is 5.54. The summed E-state index contributed by atoms with van der Waals surface area (Å²) >= 11 is 0. The van der Waals surface area contributed by atoms with Gasteiger partial charge in [0, 0.05) is 25.6 Å². The zero-order valence-electron chi connectivity index (χ0n) is 12.8. The number of fused-ring (bicyclic) bond motifs is 1. The summed E-state index contributed by atoms with van der Waals surface area (Å²) < 4.78 is 5.38. The van der Waals surface area contributed by atoms with Crippen LogP contribution in [0.5, 0.6) is 0 Å². The number of piperidine rings is 1. The average molecular weight is 289 g/mol. The Labute approximate surface area is 125 Å². The first kappa shape index (κ1) is 14.2. The van der Waals surface area contributed by atoms with Crippen LogP contribution in [0.4, 0.5) is 11.4 Å². The van der Waals surface area contributed by atoms with E-state index in [1.807, 2.05) is 0 Å². The highest BCUT2D eigenvalue weighted by molar-refractivity contribution is 5.73. The molecule has 2 heterocycles. The monoisotopic (exact) mass is 289 g/mol. The van der Waals surface area contributed by atoms with Gasteiger partial charge >= 0.3 is 5.97 Å². The maximum absolute atomic E-state index is 11.2. The number of nitrogens with zero attached hydrogens (tertiary/aromatic N) is 2. The lowest BCUT2D eigenvalue weighted by atomic mass is 9.98. The van der Waals surface area contributed by atoms with Crippen molar-refractivity contribution in [3.05, 3.63) is 17.5 Å². The Kier molecular flexibility index (Phi) is 3.74. The smallest absolute Gasteiger partial charge is 0.303 e. The van der Waals surface area contributed by atoms with E-state index >= 15 is 0 Å². The SMILES string of the molecule is CC(=O)OC1CCc2c1ncc(N)c2N1CCCC(C)C1. The minimum absolute atomic E-state index is 0.209. The Morgan fingerprint density at radius 1 is 1.48 bits per heavy atom. The van der Waals surface area contributed by atoms with Crippen LogP contribution in [0.2, 0.25) is 0 Å². The van der Waals surface area contributed by atoms with Crippen LogP contribution in [-0.4, -0.2) is 24.0 Å². The predicted octanol–water partition coefficient (Wildman–Crippen LogP) is 2.45. The second-order valence-electron chi connectivity index (χ2n) is 6.26. The molecule has 1 aromatic rings. The van der Waals surface area contributed by atoms with Gasteiger partial charge in [-0.25, -0.2) is 0 Å². The molecule has 1 aliphatic heterocycles. The lowest BCUT2D eigenvalue weighted by Gasteiger charge is -2.34. The molecule has 5 nitrogen and oxygen atoms in total. The Hall–Kier alpha value is -1.78. The van der Waals surface area contributed by atoms with Gasteiger partial charge in [-0.2, -0.15) is 0 Å². The van der Waals surface area contributed by atoms with Crippen molar-refractivity contribution in [2.75, 3.05) is 23.7 Å². The maximum atomic E-state index is 11.2. The fourth-order valence-corrected chi connectivity index (χ4v) is 3.59. The van der Waals surface area contributed by atoms with E-state index in [0.717, 1.165) is 43.0 Å². The topological polar surface area (TPSA) is 68.4 Å². The Morgan fingerprint density at radius 3 is 3.00 bits per heavy atom. The number of aromatic nitrogens is 1. The van der Waals surface area contributed by atoms with Crippen LogP contribution in [0.3, 0.4) is 0 Å². The van der Waals surface area contributed by atoms with Gasteiger partial charge < -0.3 is 15.4 Å². The summed E-state index contributed by atoms with van der Waals surface area (Å²) in [4.78, 5) is 18.0. The van der Waals surface area contributed by atoms with Gasteiger partial charge in [-0.3, -0.25) is 9.78 Å². The molecule has 0 bridgehead atoms. The molecule has 2 aliphatic rings. The molecule has 114 valence electrons. The summed E-state index contributed by atoms with van der Waals surface area (Å²) in [5.74, 6) is 0.437. The molecule has 2 N–H and O–H groups in total. The summed E-state index contributed by atoms with van der Waals surface area (Å²) in [6.45, 7) is 5.82. The largest absolute Gasteiger partial charge is 0.456 e. The third kappa shape index (κ3) is 2.69. The number of nitrogens with two attached hydrogens (primary N) is 1. The standard InChI is InChI=1S/C16H23N3O2/c1-10-4-3-7-19(9-10)16-12-5-6-14(21-11(2)20)15(12)18-8-13(16)17/h8,10,14H,3-7,9,17H2,1-2H3. The molecule has 3 rings (SSSR count). The van der Waals surface area contributed by atoms with Crippen LogP contribution in [-0.2, 0) is 16.0 Å². The first-order valence-corrected chi connectivity index (χ1v) is 7.75. The number of nitrogen functional groups attached to an aromatic ring is 1. The van der Waals surface area contributed by atoms with Crippen molar-refractivity contribution in [2.24, 2.45) is 5.92 Å². The Bertz CT molecular complexity index is 559. The van der Waals surface area contributed by atoms with Crippen molar-refractivity contribution < 1.29 is 9.53 Å². The van der Waals surface area contributed by atoms with Crippen molar-refractivity contribution in [3.63, 3.8) is 0 Å². The summed E-state index contributed by atoms with van der Waals surface area (Å²) in [6.07, 6.45) is 5.67. The van der Waals surface area contributed by atoms with Crippen molar-refractivity contribution in [1.82, 2.24) is 4.98 Å². The molecule has 0 amide bonds. The molecule has 0 aromatic carbocycles. The Balaban J connectivity index is 1.94. The molecule has 2 atom stereocenters. The van der Waals surface area contributed by atoms with Crippen LogP contribution in [0.1, 0.15) is 50.5 Å². The van der Waals surface area contributed by atoms with Crippen molar-refractivity contribution in [2.45, 2.75) is 45.6 Å². The van der Waals surface area contributed by atoms with Gasteiger partial charge in [-0.05, 0) is 31.6 Å². The molecule has 0 saturated carbocycles. The summed E-state index contributed by atoms with van der Waals surface area (Å²) in [5.41, 5.74) is 10.1. The zero-order valence-corrected chi connectivity index (χ0v) is 12.8. The minimum atomic E-state index is -0.250. The van der Waals surface area contributed by atoms with E-state index < -0.39 is 0 Å². The second-order valence-corrected chi connectivity index (χ2v) is 6.26. The first-order chi connectivity index (χ1) is 10.1. The van der Waals surface area contributed by atoms with Gasteiger partial charge in [0.15, 0.2) is 0 Å². The summed E-state index contributed by atoms with van der Waals surface area (Å²) in [6, 6.07) is 0. The number of hydrogen-bond acceptors (Lipinski definition) is 5. The highest BCUT2D eigenvalue weighted by Crippen LogP contribution is 2.41. The normalized spacial score (nSPS) is 24.8. The molecule has 1 aromatic heterocycles. The molecule has 1 fully saturated rings. The van der Waals surface area contributed by atoms with E-state index in [1.54, 1.807) is 6.20 Å². The molecule has 2 unspecified atom stereocenters. The number of carbonyl (C=O) groups excluding carboxylic acids is 1. The molecule has 0 spiro atoms. The lowest BCUT2D eigenvalue weighted by molar-refractivity contribution is -0.146. The zero-order chi connectivity index (χ0) is 15.0. The van der Waals surface area contributed by atoms with E-state index in [4.69, 9.17) is 10.5 Å². The van der Waals surface area contributed by atoms with E-state index in [-0.39, 0.29) is 12.1 Å². The van der Waals surface area contributed by atoms with Crippen molar-refractivity contribution in [3.8, 4) is 0 Å². The quantitative estimate of drug-likeness (QED) is 0.847. The number of esters is 1. The number of ether oxygens (including phenoxy) is 1. The van der Waals surface area contributed by atoms with E-state index in [9.17, 15) is 4.79 Å². The van der Waals surface area contributed by atoms with Crippen molar-refractivity contribution >= 4 is 17.3 Å². The molecular weight excluding hydrogens is 266 g/mol. The van der Waals surface area contributed by atoms with E-state index in [2.05, 4.69) is 16.8 Å². The molecule has 21 heavy (non-hydrogen) atoms.